The standard InChI is InChI=1S/C36H63N13O11S/c1-19(2)28(49-32(56)22(7-4-5-12-37)44-29(53)21(38)11-14-61-3)34(58)47-25(15-20-16-41-18-43-20)33(57)46-24(9-10-27(51)52)31(55)45-23(8-6-13-42-36(39)40)30(54)48-26(17-50)35(59)60/h16,18-19,21-26,28,50H,4-15,17,37-38H2,1-3H3,(H,41,43)(H,44,53)(H,45,55)(H,46,57)(H,47,58)(H,48,54)(H,49,56)(H,51,52)(H,59,60)(H4,39,40,42)/t21-,22-,23-,24-,25-,26-,28-/m0/s1. The molecule has 61 heavy (non-hydrogen) atoms. The third-order valence-electron chi connectivity index (χ3n) is 9.06. The van der Waals surface area contributed by atoms with Crippen LogP contribution in [0.1, 0.15) is 70.9 Å². The average molecular weight is 886 g/mol. The first-order valence-electron chi connectivity index (χ1n) is 19.7. The molecule has 0 unspecified atom stereocenters. The molecule has 18 N–H and O–H groups in total. The summed E-state index contributed by atoms with van der Waals surface area (Å²) >= 11 is 1.51. The van der Waals surface area contributed by atoms with E-state index in [4.69, 9.17) is 22.9 Å². The lowest BCUT2D eigenvalue weighted by atomic mass is 10.0. The highest BCUT2D eigenvalue weighted by Crippen LogP contribution is 2.10. The van der Waals surface area contributed by atoms with E-state index in [2.05, 4.69) is 46.9 Å². The van der Waals surface area contributed by atoms with Gasteiger partial charge in [0.05, 0.1) is 19.0 Å². The number of hydrogen-bond donors (Lipinski definition) is 14. The first-order chi connectivity index (χ1) is 28.8. The van der Waals surface area contributed by atoms with Crippen molar-refractivity contribution in [2.45, 2.75) is 114 Å². The minimum atomic E-state index is -1.73. The first kappa shape index (κ1) is 53.5. The van der Waals surface area contributed by atoms with Gasteiger partial charge in [-0.25, -0.2) is 9.78 Å². The number of carbonyl (C=O) groups is 8. The number of aromatic amines is 1. The van der Waals surface area contributed by atoms with E-state index in [0.717, 1.165) is 0 Å². The largest absolute Gasteiger partial charge is 0.481 e. The van der Waals surface area contributed by atoms with Crippen LogP contribution in [0.3, 0.4) is 0 Å². The fourth-order valence-electron chi connectivity index (χ4n) is 5.60. The minimum absolute atomic E-state index is 0.00637. The lowest BCUT2D eigenvalue weighted by Gasteiger charge is -2.28. The second-order valence-electron chi connectivity index (χ2n) is 14.4. The van der Waals surface area contributed by atoms with Crippen LogP contribution < -0.4 is 54.8 Å². The maximum absolute atomic E-state index is 14.0. The summed E-state index contributed by atoms with van der Waals surface area (Å²) in [5.41, 5.74) is 22.8. The normalized spacial score (nSPS) is 14.5. The van der Waals surface area contributed by atoms with Crippen LogP contribution in [0.2, 0.25) is 0 Å². The Balaban J connectivity index is 3.42. The number of carboxylic acids is 2. The van der Waals surface area contributed by atoms with Crippen molar-refractivity contribution in [2.75, 3.05) is 31.7 Å². The summed E-state index contributed by atoms with van der Waals surface area (Å²) in [5.74, 6) is -8.14. The van der Waals surface area contributed by atoms with Gasteiger partial charge >= 0.3 is 11.9 Å². The molecule has 0 saturated heterocycles. The molecule has 7 atom stereocenters. The van der Waals surface area contributed by atoms with E-state index in [-0.39, 0.29) is 38.2 Å². The molecule has 1 rings (SSSR count). The van der Waals surface area contributed by atoms with Crippen molar-refractivity contribution in [3.63, 3.8) is 0 Å². The molecule has 344 valence electrons. The van der Waals surface area contributed by atoms with E-state index in [1.807, 2.05) is 6.26 Å². The minimum Gasteiger partial charge on any atom is -0.481 e. The number of thioether (sulfide) groups is 1. The van der Waals surface area contributed by atoms with Crippen LogP contribution in [-0.4, -0.2) is 153 Å². The Kier molecular flexibility index (Phi) is 25.3. The Morgan fingerprint density at radius 2 is 1.30 bits per heavy atom. The van der Waals surface area contributed by atoms with Gasteiger partial charge in [-0.1, -0.05) is 13.8 Å². The van der Waals surface area contributed by atoms with Gasteiger partial charge in [0.1, 0.15) is 36.3 Å². The Hall–Kier alpha value is -5.53. The quantitative estimate of drug-likeness (QED) is 0.0191. The SMILES string of the molecule is CSCC[C@H](N)C(=O)N[C@@H](CCCCN)C(=O)N[C@H](C(=O)N[C@@H](Cc1cnc[nH]1)C(=O)N[C@@H](CCC(=O)O)C(=O)N[C@@H](CCCN=C(N)N)C(=O)N[C@@H](CO)C(=O)O)C(C)C. The number of aliphatic imine (C=N–C) groups is 1. The highest BCUT2D eigenvalue weighted by molar-refractivity contribution is 7.98. The van der Waals surface area contributed by atoms with Crippen molar-refractivity contribution in [3.05, 3.63) is 18.2 Å². The number of rotatable bonds is 31. The number of carbonyl (C=O) groups excluding carboxylic acids is 6. The number of aromatic nitrogens is 2. The van der Waals surface area contributed by atoms with Gasteiger partial charge in [0.15, 0.2) is 5.96 Å². The number of imidazole rings is 1. The molecule has 0 fully saturated rings. The van der Waals surface area contributed by atoms with Crippen molar-refractivity contribution in [1.29, 1.82) is 0 Å². The molecule has 0 radical (unpaired) electrons. The molecule has 1 aromatic heterocycles. The highest BCUT2D eigenvalue weighted by atomic mass is 32.2. The van der Waals surface area contributed by atoms with Crippen LogP contribution in [0.4, 0.5) is 0 Å². The molecule has 0 bridgehead atoms. The Bertz CT molecular complexity index is 1610. The van der Waals surface area contributed by atoms with E-state index in [0.29, 0.717) is 37.3 Å². The van der Waals surface area contributed by atoms with Gasteiger partial charge in [0.2, 0.25) is 35.4 Å². The maximum atomic E-state index is 14.0. The molecule has 0 spiro atoms. The van der Waals surface area contributed by atoms with Gasteiger partial charge in [-0.3, -0.25) is 38.6 Å². The number of nitrogens with two attached hydrogens (primary N) is 4. The van der Waals surface area contributed by atoms with Gasteiger partial charge in [0.25, 0.3) is 0 Å². The Labute approximate surface area is 357 Å². The summed E-state index contributed by atoms with van der Waals surface area (Å²) in [5, 5.41) is 43.1. The summed E-state index contributed by atoms with van der Waals surface area (Å²) in [6, 6.07) is -9.47. The van der Waals surface area contributed by atoms with Gasteiger partial charge in [-0.05, 0) is 69.4 Å². The molecule has 6 amide bonds. The topological polar surface area (TPSA) is 415 Å². The number of aliphatic hydroxyl groups is 1. The number of carboxylic acid groups (broad SMARTS) is 2. The van der Waals surface area contributed by atoms with Gasteiger partial charge in [-0.2, -0.15) is 11.8 Å². The number of aliphatic carboxylic acids is 2. The van der Waals surface area contributed by atoms with Gasteiger partial charge in [0, 0.05) is 31.3 Å². The summed E-state index contributed by atoms with van der Waals surface area (Å²) in [6.07, 6.45) is 4.77. The molecule has 1 heterocycles. The average Bonchev–Trinajstić information content (AvgIpc) is 3.72. The number of guanidine groups is 1. The van der Waals surface area contributed by atoms with Crippen LogP contribution >= 0.6 is 11.8 Å². The lowest BCUT2D eigenvalue weighted by Crippen LogP contribution is -2.61. The maximum Gasteiger partial charge on any atom is 0.328 e. The van der Waals surface area contributed by atoms with Crippen LogP contribution in [0, 0.1) is 5.92 Å². The van der Waals surface area contributed by atoms with Crippen molar-refractivity contribution >= 4 is 65.1 Å². The third-order valence-corrected chi connectivity index (χ3v) is 9.71. The molecule has 0 aliphatic heterocycles. The molecule has 1 aromatic rings. The Morgan fingerprint density at radius 1 is 0.754 bits per heavy atom. The van der Waals surface area contributed by atoms with E-state index in [1.165, 1.54) is 24.3 Å². The van der Waals surface area contributed by atoms with E-state index < -0.39 is 115 Å². The molecule has 0 aliphatic carbocycles. The molecule has 0 saturated carbocycles. The van der Waals surface area contributed by atoms with E-state index in [9.17, 15) is 53.7 Å². The molecule has 24 nitrogen and oxygen atoms in total. The number of nitrogens with zero attached hydrogens (tertiary/aromatic N) is 2. The number of unbranched alkanes of at least 4 members (excludes halogenated alkanes) is 1. The molecular formula is C36H63N13O11S. The second-order valence-corrected chi connectivity index (χ2v) is 15.4. The predicted octanol–water partition coefficient (Wildman–Crippen LogP) is -4.28. The van der Waals surface area contributed by atoms with E-state index >= 15 is 0 Å². The zero-order valence-corrected chi connectivity index (χ0v) is 35.5. The second kappa shape index (κ2) is 28.9. The van der Waals surface area contributed by atoms with Crippen LogP contribution in [0.15, 0.2) is 17.5 Å². The third kappa shape index (κ3) is 21.0. The number of H-pyrrole nitrogens is 1. The van der Waals surface area contributed by atoms with Crippen LogP contribution in [-0.2, 0) is 44.8 Å². The molecular weight excluding hydrogens is 823 g/mol. The fraction of sp³-hybridized carbons (Fsp3) is 0.667. The molecule has 25 heteroatoms. The fourth-order valence-corrected chi connectivity index (χ4v) is 6.09. The summed E-state index contributed by atoms with van der Waals surface area (Å²) < 4.78 is 0. The zero-order chi connectivity index (χ0) is 46.1. The molecule has 0 aromatic carbocycles. The lowest BCUT2D eigenvalue weighted by molar-refractivity contribution is -0.143. The summed E-state index contributed by atoms with van der Waals surface area (Å²) in [7, 11) is 0. The number of amides is 6. The highest BCUT2D eigenvalue weighted by Gasteiger charge is 2.35. The number of hydrogen-bond acceptors (Lipinski definition) is 14. The van der Waals surface area contributed by atoms with E-state index in [1.54, 1.807) is 13.8 Å². The van der Waals surface area contributed by atoms with Crippen molar-refractivity contribution in [3.8, 4) is 0 Å². The smallest absolute Gasteiger partial charge is 0.328 e. The summed E-state index contributed by atoms with van der Waals surface area (Å²) in [6.45, 7) is 2.66. The van der Waals surface area contributed by atoms with Crippen molar-refractivity contribution in [2.24, 2.45) is 33.8 Å². The summed E-state index contributed by atoms with van der Waals surface area (Å²) in [4.78, 5) is 115. The predicted molar refractivity (Wildman–Crippen MR) is 224 cm³/mol. The Morgan fingerprint density at radius 3 is 1.80 bits per heavy atom. The zero-order valence-electron chi connectivity index (χ0n) is 34.7. The van der Waals surface area contributed by atoms with Crippen LogP contribution in [0.5, 0.6) is 0 Å². The van der Waals surface area contributed by atoms with Gasteiger partial charge in [-0.15, -0.1) is 0 Å². The van der Waals surface area contributed by atoms with Crippen LogP contribution in [0.25, 0.3) is 0 Å². The molecule has 0 aliphatic rings. The van der Waals surface area contributed by atoms with Crippen molar-refractivity contribution in [1.82, 2.24) is 41.9 Å². The number of aliphatic hydroxyl groups excluding tert-OH is 1. The first-order valence-corrected chi connectivity index (χ1v) is 21.1. The van der Waals surface area contributed by atoms with Gasteiger partial charge < -0.3 is 75.1 Å². The van der Waals surface area contributed by atoms with Crippen molar-refractivity contribution < 1.29 is 53.7 Å². The number of nitrogens with one attached hydrogen (secondary N) is 7. The monoisotopic (exact) mass is 885 g/mol.